The van der Waals surface area contributed by atoms with Gasteiger partial charge in [-0.05, 0) is 17.9 Å². The summed E-state index contributed by atoms with van der Waals surface area (Å²) >= 11 is 0. The summed E-state index contributed by atoms with van der Waals surface area (Å²) in [5, 5.41) is 3.56. The minimum absolute atomic E-state index is 0.342. The van der Waals surface area contributed by atoms with Gasteiger partial charge in [-0.2, -0.15) is 0 Å². The number of benzene rings is 1. The number of hydrogen-bond acceptors (Lipinski definition) is 3. The molecule has 3 heteroatoms. The van der Waals surface area contributed by atoms with Crippen LogP contribution in [0.5, 0.6) is 11.5 Å². The largest absolute Gasteiger partial charge is 0.454 e. The third-order valence-electron chi connectivity index (χ3n) is 3.85. The van der Waals surface area contributed by atoms with Gasteiger partial charge in [0.05, 0.1) is 0 Å². The quantitative estimate of drug-likeness (QED) is 0.725. The molecule has 0 aromatic heterocycles. The molecule has 3 nitrogen and oxygen atoms in total. The Kier molecular flexibility index (Phi) is 5.30. The van der Waals surface area contributed by atoms with Crippen molar-refractivity contribution in [3.05, 3.63) is 23.8 Å². The van der Waals surface area contributed by atoms with Crippen LogP contribution in [-0.4, -0.2) is 13.3 Å². The Morgan fingerprint density at radius 3 is 2.85 bits per heavy atom. The third-order valence-corrected chi connectivity index (χ3v) is 3.85. The first-order chi connectivity index (χ1) is 9.62. The van der Waals surface area contributed by atoms with E-state index in [9.17, 15) is 0 Å². The van der Waals surface area contributed by atoms with E-state index in [1.54, 1.807) is 0 Å². The van der Waals surface area contributed by atoms with Gasteiger partial charge in [-0.1, -0.05) is 52.2 Å². The van der Waals surface area contributed by atoms with Gasteiger partial charge in [0.2, 0.25) is 6.79 Å². The molecule has 0 atom stereocenters. The smallest absolute Gasteiger partial charge is 0.231 e. The van der Waals surface area contributed by atoms with Crippen LogP contribution in [-0.2, 0) is 6.54 Å². The number of unbranched alkanes of at least 4 members (excludes halogenated alkanes) is 2. The lowest BCUT2D eigenvalue weighted by Gasteiger charge is -2.25. The molecule has 112 valence electrons. The number of fused-ring (bicyclic) bond motifs is 1. The normalized spacial score (nSPS) is 13.8. The van der Waals surface area contributed by atoms with Crippen LogP contribution in [0.15, 0.2) is 18.2 Å². The van der Waals surface area contributed by atoms with E-state index < -0.39 is 0 Å². The molecule has 2 rings (SSSR count). The zero-order valence-electron chi connectivity index (χ0n) is 13.0. The molecule has 0 bridgehead atoms. The van der Waals surface area contributed by atoms with Gasteiger partial charge in [0.25, 0.3) is 0 Å². The van der Waals surface area contributed by atoms with Crippen molar-refractivity contribution in [1.29, 1.82) is 0 Å². The van der Waals surface area contributed by atoms with Crippen LogP contribution in [0, 0.1) is 5.41 Å². The summed E-state index contributed by atoms with van der Waals surface area (Å²) in [6.07, 6.45) is 5.22. The maximum atomic E-state index is 5.53. The van der Waals surface area contributed by atoms with Gasteiger partial charge in [-0.3, -0.25) is 0 Å². The molecule has 0 saturated carbocycles. The van der Waals surface area contributed by atoms with Gasteiger partial charge in [0.1, 0.15) is 0 Å². The molecule has 1 aliphatic heterocycles. The standard InChI is InChI=1S/C17H27NO2/c1-4-5-6-10-17(2,3)12-18-11-14-8-7-9-15-16(14)20-13-19-15/h7-9,18H,4-6,10-13H2,1-3H3. The van der Waals surface area contributed by atoms with Crippen LogP contribution < -0.4 is 14.8 Å². The number of para-hydroxylation sites is 1. The summed E-state index contributed by atoms with van der Waals surface area (Å²) in [6, 6.07) is 6.09. The second kappa shape index (κ2) is 6.98. The third kappa shape index (κ3) is 4.14. The first kappa shape index (κ1) is 15.2. The molecule has 0 unspecified atom stereocenters. The fourth-order valence-corrected chi connectivity index (χ4v) is 2.61. The molecule has 0 fully saturated rings. The number of nitrogens with one attached hydrogen (secondary N) is 1. The van der Waals surface area contributed by atoms with E-state index in [2.05, 4.69) is 32.2 Å². The Morgan fingerprint density at radius 1 is 1.20 bits per heavy atom. The second-order valence-corrected chi connectivity index (χ2v) is 6.38. The lowest BCUT2D eigenvalue weighted by atomic mass is 9.87. The molecule has 0 aliphatic carbocycles. The van der Waals surface area contributed by atoms with Crippen LogP contribution in [0.2, 0.25) is 0 Å². The molecule has 1 N–H and O–H groups in total. The van der Waals surface area contributed by atoms with Gasteiger partial charge in [0.15, 0.2) is 11.5 Å². The molecule has 1 heterocycles. The summed E-state index contributed by atoms with van der Waals surface area (Å²) in [5.41, 5.74) is 1.54. The molecular weight excluding hydrogens is 250 g/mol. The Balaban J connectivity index is 1.80. The van der Waals surface area contributed by atoms with E-state index in [0.29, 0.717) is 12.2 Å². The molecule has 0 saturated heterocycles. The number of ether oxygens (including phenoxy) is 2. The number of rotatable bonds is 8. The fraction of sp³-hybridized carbons (Fsp3) is 0.647. The minimum atomic E-state index is 0.342. The maximum Gasteiger partial charge on any atom is 0.231 e. The highest BCUT2D eigenvalue weighted by Crippen LogP contribution is 2.35. The molecule has 1 aromatic rings. The Morgan fingerprint density at radius 2 is 2.05 bits per heavy atom. The van der Waals surface area contributed by atoms with Crippen molar-refractivity contribution in [3.63, 3.8) is 0 Å². The zero-order valence-corrected chi connectivity index (χ0v) is 13.0. The summed E-state index contributed by atoms with van der Waals surface area (Å²) in [4.78, 5) is 0. The van der Waals surface area contributed by atoms with E-state index in [4.69, 9.17) is 9.47 Å². The lowest BCUT2D eigenvalue weighted by Crippen LogP contribution is -2.29. The minimum Gasteiger partial charge on any atom is -0.454 e. The zero-order chi connectivity index (χ0) is 14.4. The monoisotopic (exact) mass is 277 g/mol. The van der Waals surface area contributed by atoms with E-state index >= 15 is 0 Å². The molecule has 1 aromatic carbocycles. The Labute approximate surface area is 122 Å². The molecule has 0 amide bonds. The van der Waals surface area contributed by atoms with Crippen molar-refractivity contribution in [2.45, 2.75) is 53.0 Å². The summed E-state index contributed by atoms with van der Waals surface area (Å²) < 4.78 is 10.9. The predicted molar refractivity (Wildman–Crippen MR) is 82.2 cm³/mol. The first-order valence-electron chi connectivity index (χ1n) is 7.70. The maximum absolute atomic E-state index is 5.53. The second-order valence-electron chi connectivity index (χ2n) is 6.38. The SMILES string of the molecule is CCCCCC(C)(C)CNCc1cccc2c1OCO2. The lowest BCUT2D eigenvalue weighted by molar-refractivity contribution is 0.173. The average molecular weight is 277 g/mol. The molecule has 0 spiro atoms. The topological polar surface area (TPSA) is 30.5 Å². The number of hydrogen-bond donors (Lipinski definition) is 1. The highest BCUT2D eigenvalue weighted by atomic mass is 16.7. The molecular formula is C17H27NO2. The summed E-state index contributed by atoms with van der Waals surface area (Å²) in [6.45, 7) is 9.14. The highest BCUT2D eigenvalue weighted by molar-refractivity contribution is 5.48. The van der Waals surface area contributed by atoms with E-state index in [1.165, 1.54) is 31.2 Å². The van der Waals surface area contributed by atoms with Gasteiger partial charge in [-0.25, -0.2) is 0 Å². The summed E-state index contributed by atoms with van der Waals surface area (Å²) in [7, 11) is 0. The van der Waals surface area contributed by atoms with Crippen molar-refractivity contribution < 1.29 is 9.47 Å². The van der Waals surface area contributed by atoms with Crippen LogP contribution in [0.1, 0.15) is 52.0 Å². The van der Waals surface area contributed by atoms with Crippen LogP contribution in [0.4, 0.5) is 0 Å². The van der Waals surface area contributed by atoms with Crippen molar-refractivity contribution in [2.75, 3.05) is 13.3 Å². The molecule has 1 aliphatic rings. The Hall–Kier alpha value is -1.22. The highest BCUT2D eigenvalue weighted by Gasteiger charge is 2.19. The predicted octanol–water partition coefficient (Wildman–Crippen LogP) is 4.11. The average Bonchev–Trinajstić information content (AvgIpc) is 2.88. The van der Waals surface area contributed by atoms with Gasteiger partial charge in [0, 0.05) is 18.7 Å². The van der Waals surface area contributed by atoms with Crippen molar-refractivity contribution >= 4 is 0 Å². The van der Waals surface area contributed by atoms with Gasteiger partial charge >= 0.3 is 0 Å². The van der Waals surface area contributed by atoms with Crippen molar-refractivity contribution in [1.82, 2.24) is 5.32 Å². The van der Waals surface area contributed by atoms with Crippen LogP contribution >= 0.6 is 0 Å². The van der Waals surface area contributed by atoms with Crippen molar-refractivity contribution in [3.8, 4) is 11.5 Å². The van der Waals surface area contributed by atoms with Gasteiger partial charge < -0.3 is 14.8 Å². The van der Waals surface area contributed by atoms with E-state index in [-0.39, 0.29) is 0 Å². The fourth-order valence-electron chi connectivity index (χ4n) is 2.61. The van der Waals surface area contributed by atoms with Crippen LogP contribution in [0.3, 0.4) is 0 Å². The van der Waals surface area contributed by atoms with E-state index in [1.807, 2.05) is 12.1 Å². The van der Waals surface area contributed by atoms with Gasteiger partial charge in [-0.15, -0.1) is 0 Å². The summed E-state index contributed by atoms with van der Waals surface area (Å²) in [5.74, 6) is 1.77. The van der Waals surface area contributed by atoms with E-state index in [0.717, 1.165) is 24.6 Å². The first-order valence-corrected chi connectivity index (χ1v) is 7.70. The Bertz CT molecular complexity index is 429. The molecule has 20 heavy (non-hydrogen) atoms. The van der Waals surface area contributed by atoms with Crippen molar-refractivity contribution in [2.24, 2.45) is 5.41 Å². The van der Waals surface area contributed by atoms with Crippen LogP contribution in [0.25, 0.3) is 0 Å². The molecule has 0 radical (unpaired) electrons.